The molecular formula is C61H59F5N6O9. The average Bonchev–Trinajstić information content (AvgIpc) is 4.16. The Hall–Kier alpha value is -8.20. The van der Waals surface area contributed by atoms with Crippen molar-refractivity contribution < 1.29 is 64.8 Å². The first kappa shape index (κ1) is 56.1. The van der Waals surface area contributed by atoms with E-state index in [2.05, 4.69) is 46.1 Å². The van der Waals surface area contributed by atoms with Crippen LogP contribution in [0.4, 0.5) is 31.5 Å². The molecule has 1 fully saturated rings. The number of carbonyl (C=O) groups is 4. The van der Waals surface area contributed by atoms with Crippen molar-refractivity contribution in [3.8, 4) is 28.0 Å². The van der Waals surface area contributed by atoms with Gasteiger partial charge in [-0.2, -0.15) is 8.78 Å². The zero-order chi connectivity index (χ0) is 56.7. The van der Waals surface area contributed by atoms with Crippen LogP contribution in [0.1, 0.15) is 65.5 Å². The van der Waals surface area contributed by atoms with Crippen LogP contribution in [0.15, 0.2) is 121 Å². The van der Waals surface area contributed by atoms with Gasteiger partial charge in [0.15, 0.2) is 0 Å². The molecule has 0 unspecified atom stereocenters. The number of benzene rings is 5. The Morgan fingerprint density at radius 3 is 1.67 bits per heavy atom. The van der Waals surface area contributed by atoms with E-state index in [0.717, 1.165) is 55.6 Å². The molecule has 5 aromatic carbocycles. The largest absolute Gasteiger partial charge is 0.448 e. The molecule has 0 N–H and O–H groups in total. The molecule has 3 heterocycles. The number of rotatable bonds is 21. The Bertz CT molecular complexity index is 3340. The summed E-state index contributed by atoms with van der Waals surface area (Å²) in [6.07, 6.45) is 1.19. The van der Waals surface area contributed by atoms with Crippen molar-refractivity contribution in [1.29, 1.82) is 0 Å². The van der Waals surface area contributed by atoms with Crippen molar-refractivity contribution in [2.24, 2.45) is 0 Å². The van der Waals surface area contributed by atoms with Crippen molar-refractivity contribution in [3.63, 3.8) is 0 Å². The molecule has 15 nitrogen and oxygen atoms in total. The maximum atomic E-state index is 14.2. The number of fused-ring (bicyclic) bond motifs is 7. The summed E-state index contributed by atoms with van der Waals surface area (Å²) in [5.41, 5.74) is 10.4. The molecule has 1 aliphatic heterocycles. The maximum Gasteiger partial charge on any atom is 0.424 e. The average molecular weight is 1120 g/mol. The number of likely N-dealkylation sites (tertiary alicyclic amines) is 1. The predicted molar refractivity (Wildman–Crippen MR) is 288 cm³/mol. The van der Waals surface area contributed by atoms with Gasteiger partial charge in [0.25, 0.3) is 0 Å². The summed E-state index contributed by atoms with van der Waals surface area (Å²) in [7, 11) is 3.47. The number of pyridine rings is 1. The van der Waals surface area contributed by atoms with Gasteiger partial charge in [-0.25, -0.2) is 37.8 Å². The van der Waals surface area contributed by atoms with Gasteiger partial charge < -0.3 is 38.1 Å². The third-order valence-electron chi connectivity index (χ3n) is 15.3. The summed E-state index contributed by atoms with van der Waals surface area (Å²) < 4.78 is 98.1. The number of halogens is 5. The van der Waals surface area contributed by atoms with E-state index < -0.39 is 59.4 Å². The van der Waals surface area contributed by atoms with Crippen LogP contribution in [0.3, 0.4) is 0 Å². The highest BCUT2D eigenvalue weighted by Crippen LogP contribution is 2.46. The predicted octanol–water partition coefficient (Wildman–Crippen LogP) is 10.6. The molecule has 3 aliphatic rings. The van der Waals surface area contributed by atoms with Crippen molar-refractivity contribution >= 4 is 35.1 Å². The van der Waals surface area contributed by atoms with Crippen LogP contribution in [0.2, 0.25) is 0 Å². The fourth-order valence-corrected chi connectivity index (χ4v) is 11.1. The van der Waals surface area contributed by atoms with Gasteiger partial charge in [-0.15, -0.1) is 0 Å². The van der Waals surface area contributed by atoms with Gasteiger partial charge in [-0.05, 0) is 75.5 Å². The second kappa shape index (κ2) is 25.1. The first-order valence-electron chi connectivity index (χ1n) is 26.8. The molecule has 20 heteroatoms. The number of piperidine rings is 1. The zero-order valence-electron chi connectivity index (χ0n) is 44.6. The van der Waals surface area contributed by atoms with Gasteiger partial charge in [-0.3, -0.25) is 9.59 Å². The lowest BCUT2D eigenvalue weighted by molar-refractivity contribution is -0.136. The van der Waals surface area contributed by atoms with Gasteiger partial charge in [0.2, 0.25) is 40.7 Å². The molecule has 0 spiro atoms. The van der Waals surface area contributed by atoms with Crippen molar-refractivity contribution in [2.75, 3.05) is 73.4 Å². The van der Waals surface area contributed by atoms with Crippen molar-refractivity contribution in [2.45, 2.75) is 56.7 Å². The summed E-state index contributed by atoms with van der Waals surface area (Å²) in [6, 6.07) is 37.9. The number of hydrazine groups is 1. The third kappa shape index (κ3) is 12.0. The Morgan fingerprint density at radius 1 is 0.605 bits per heavy atom. The summed E-state index contributed by atoms with van der Waals surface area (Å²) in [4.78, 5) is 62.1. The number of hydrogen-bond acceptors (Lipinski definition) is 11. The van der Waals surface area contributed by atoms with Crippen LogP contribution >= 0.6 is 0 Å². The van der Waals surface area contributed by atoms with Crippen molar-refractivity contribution in [3.05, 3.63) is 178 Å². The van der Waals surface area contributed by atoms with Gasteiger partial charge in [-0.1, -0.05) is 97.1 Å². The number of hydrogen-bond donors (Lipinski definition) is 0. The van der Waals surface area contributed by atoms with Crippen LogP contribution < -0.4 is 4.74 Å². The molecule has 422 valence electrons. The molecule has 0 saturated carbocycles. The van der Waals surface area contributed by atoms with E-state index in [4.69, 9.17) is 18.9 Å². The first-order chi connectivity index (χ1) is 39.3. The molecule has 7 aromatic rings. The van der Waals surface area contributed by atoms with Crippen LogP contribution in [0, 0.1) is 29.1 Å². The second-order valence-corrected chi connectivity index (χ2v) is 20.1. The van der Waals surface area contributed by atoms with E-state index in [1.807, 2.05) is 83.4 Å². The number of carbonyl (C=O) groups excluding carboxylic acids is 4. The van der Waals surface area contributed by atoms with Crippen LogP contribution in [-0.4, -0.2) is 133 Å². The standard InChI is InChI=1S/C61H59F5N6O9/c1-68(69(2)60(75)79-36-49-45-17-7-3-13-41(45)42-14-4-8-18-46(42)49)35-40-34-38-12-11-25-67-59(38)71(40)28-23-51(73)70-26-21-39(22-27-70)72(61(76)80-37-50-47-19-9-5-15-43(47)44-16-6-10-20-48(44)50)29-31-78-33-32-77-30-24-52(74)81-58-56(65)54(63)53(62)55(64)57(58)66/h3-20,25,34,39,49-50H,21-24,26-33,35-37H2,1-2H3. The van der Waals surface area contributed by atoms with Crippen LogP contribution in [0.5, 0.6) is 5.75 Å². The lowest BCUT2D eigenvalue weighted by Gasteiger charge is -2.38. The van der Waals surface area contributed by atoms with E-state index in [0.29, 0.717) is 44.7 Å². The highest BCUT2D eigenvalue weighted by molar-refractivity contribution is 5.81. The molecule has 3 amide bonds. The Labute approximate surface area is 464 Å². The molecule has 0 atom stereocenters. The minimum absolute atomic E-state index is 0.0115. The number of amides is 3. The van der Waals surface area contributed by atoms with Gasteiger partial charge >= 0.3 is 18.2 Å². The summed E-state index contributed by atoms with van der Waals surface area (Å²) in [5.74, 6) is -14.7. The molecule has 1 saturated heterocycles. The molecule has 2 aromatic heterocycles. The first-order valence-corrected chi connectivity index (χ1v) is 26.8. The number of nitrogens with zero attached hydrogens (tertiary/aromatic N) is 6. The Balaban J connectivity index is 0.727. The molecule has 81 heavy (non-hydrogen) atoms. The third-order valence-corrected chi connectivity index (χ3v) is 15.3. The molecule has 10 rings (SSSR count). The van der Waals surface area contributed by atoms with Crippen LogP contribution in [-0.2, 0) is 41.6 Å². The van der Waals surface area contributed by atoms with Gasteiger partial charge in [0.05, 0.1) is 39.4 Å². The Kier molecular flexibility index (Phi) is 17.4. The summed E-state index contributed by atoms with van der Waals surface area (Å²) in [5, 5.41) is 4.11. The summed E-state index contributed by atoms with van der Waals surface area (Å²) in [6.45, 7) is 1.51. The highest BCUT2D eigenvalue weighted by atomic mass is 19.2. The molecule has 0 radical (unpaired) electrons. The zero-order valence-corrected chi connectivity index (χ0v) is 44.6. The highest BCUT2D eigenvalue weighted by Gasteiger charge is 2.35. The van der Waals surface area contributed by atoms with E-state index in [1.54, 1.807) is 35.1 Å². The normalized spacial score (nSPS) is 14.0. The van der Waals surface area contributed by atoms with E-state index in [-0.39, 0.29) is 76.4 Å². The number of esters is 1. The minimum Gasteiger partial charge on any atom is -0.448 e. The Morgan fingerprint density at radius 2 is 1.11 bits per heavy atom. The SMILES string of the molecule is CN(Cc1cc2cccnc2n1CCC(=O)N1CCC(N(CCOCCOCCC(=O)Oc2c(F)c(F)c(F)c(F)c2F)C(=O)OCC2c3ccccc3-c3ccccc32)CC1)N(C)C(=O)OCC1c2ccccc2-c2ccccc21. The van der Waals surface area contributed by atoms with Gasteiger partial charge in [0.1, 0.15) is 18.9 Å². The number of aryl methyl sites for hydroxylation is 1. The summed E-state index contributed by atoms with van der Waals surface area (Å²) >= 11 is 0. The number of aromatic nitrogens is 2. The topological polar surface area (TPSA) is 145 Å². The van der Waals surface area contributed by atoms with Crippen molar-refractivity contribution in [1.82, 2.24) is 29.4 Å². The lowest BCUT2D eigenvalue weighted by Crippen LogP contribution is -2.50. The molecular weight excluding hydrogens is 1060 g/mol. The van der Waals surface area contributed by atoms with E-state index >= 15 is 0 Å². The van der Waals surface area contributed by atoms with E-state index in [1.165, 1.54) is 5.01 Å². The monoisotopic (exact) mass is 1110 g/mol. The quantitative estimate of drug-likeness (QED) is 0.0129. The smallest absolute Gasteiger partial charge is 0.424 e. The van der Waals surface area contributed by atoms with Gasteiger partial charge in [0, 0.05) is 81.8 Å². The van der Waals surface area contributed by atoms with E-state index in [9.17, 15) is 41.1 Å². The second-order valence-electron chi connectivity index (χ2n) is 20.1. The lowest BCUT2D eigenvalue weighted by atomic mass is 9.98. The maximum absolute atomic E-state index is 14.2. The molecule has 2 aliphatic carbocycles. The molecule has 0 bridgehead atoms. The number of ether oxygens (including phenoxy) is 5. The fourth-order valence-electron chi connectivity index (χ4n) is 11.1. The fraction of sp³-hybridized carbons (Fsp3) is 0.328. The van der Waals surface area contributed by atoms with Crippen LogP contribution in [0.25, 0.3) is 33.3 Å². The minimum atomic E-state index is -2.38.